The number of anilines is 1. The van der Waals surface area contributed by atoms with Crippen LogP contribution in [0.2, 0.25) is 0 Å². The van der Waals surface area contributed by atoms with Crippen LogP contribution < -0.4 is 4.72 Å². The SMILES string of the molecule is O=S(=O)(Nc1ccccc1C(F)(F)F)c1nc2ncccn2n1. The average Bonchev–Trinajstić information content (AvgIpc) is 2.91. The number of halogens is 3. The molecule has 2 aromatic heterocycles. The molecule has 3 rings (SSSR count). The Morgan fingerprint density at radius 2 is 1.87 bits per heavy atom. The van der Waals surface area contributed by atoms with Gasteiger partial charge in [0.05, 0.1) is 11.3 Å². The van der Waals surface area contributed by atoms with Gasteiger partial charge in [-0.1, -0.05) is 12.1 Å². The molecule has 0 atom stereocenters. The van der Waals surface area contributed by atoms with Gasteiger partial charge in [0.1, 0.15) is 0 Å². The fraction of sp³-hybridized carbons (Fsp3) is 0.0833. The van der Waals surface area contributed by atoms with Crippen LogP contribution in [0.5, 0.6) is 0 Å². The average molecular weight is 343 g/mol. The Morgan fingerprint density at radius 1 is 1.13 bits per heavy atom. The van der Waals surface area contributed by atoms with E-state index in [4.69, 9.17) is 0 Å². The Balaban J connectivity index is 2.02. The Bertz CT molecular complexity index is 935. The fourth-order valence-electron chi connectivity index (χ4n) is 1.84. The molecule has 1 N–H and O–H groups in total. The van der Waals surface area contributed by atoms with Gasteiger partial charge >= 0.3 is 6.18 Å². The molecule has 1 aromatic carbocycles. The minimum Gasteiger partial charge on any atom is -0.276 e. The van der Waals surface area contributed by atoms with Gasteiger partial charge in [-0.15, -0.1) is 5.10 Å². The zero-order chi connectivity index (χ0) is 16.7. The molecule has 0 bridgehead atoms. The van der Waals surface area contributed by atoms with Gasteiger partial charge in [-0.25, -0.2) is 9.50 Å². The number of hydrogen-bond acceptors (Lipinski definition) is 5. The van der Waals surface area contributed by atoms with E-state index >= 15 is 0 Å². The summed E-state index contributed by atoms with van der Waals surface area (Å²) in [4.78, 5) is 7.48. The maximum absolute atomic E-state index is 12.9. The summed E-state index contributed by atoms with van der Waals surface area (Å²) in [7, 11) is -4.39. The fourth-order valence-corrected chi connectivity index (χ4v) is 2.79. The highest BCUT2D eigenvalue weighted by Crippen LogP contribution is 2.35. The molecule has 11 heteroatoms. The molecule has 7 nitrogen and oxygen atoms in total. The molecule has 0 amide bonds. The maximum atomic E-state index is 12.9. The zero-order valence-corrected chi connectivity index (χ0v) is 12.0. The minimum atomic E-state index is -4.70. The Labute approximate surface area is 127 Å². The summed E-state index contributed by atoms with van der Waals surface area (Å²) in [6.45, 7) is 0. The summed E-state index contributed by atoms with van der Waals surface area (Å²) in [6.07, 6.45) is -1.90. The van der Waals surface area contributed by atoms with Gasteiger partial charge in [-0.3, -0.25) is 4.72 Å². The number of rotatable bonds is 3. The highest BCUT2D eigenvalue weighted by Gasteiger charge is 2.34. The molecule has 0 aliphatic carbocycles. The normalized spacial score (nSPS) is 12.5. The van der Waals surface area contributed by atoms with E-state index in [0.717, 1.165) is 22.7 Å². The smallest absolute Gasteiger partial charge is 0.276 e. The van der Waals surface area contributed by atoms with Crippen LogP contribution in [-0.2, 0) is 16.2 Å². The van der Waals surface area contributed by atoms with E-state index in [1.54, 1.807) is 0 Å². The molecule has 0 spiro atoms. The molecule has 0 aliphatic heterocycles. The molecule has 0 saturated heterocycles. The Hall–Kier alpha value is -2.69. The Morgan fingerprint density at radius 3 is 2.57 bits per heavy atom. The first-order valence-electron chi connectivity index (χ1n) is 6.14. The molecule has 2 heterocycles. The van der Waals surface area contributed by atoms with Gasteiger partial charge in [-0.2, -0.15) is 26.6 Å². The second kappa shape index (κ2) is 5.19. The topological polar surface area (TPSA) is 89.2 Å². The van der Waals surface area contributed by atoms with E-state index in [-0.39, 0.29) is 5.78 Å². The van der Waals surface area contributed by atoms with Crippen LogP contribution in [0.15, 0.2) is 47.9 Å². The number of sulfonamides is 1. The molecule has 3 aromatic rings. The first-order chi connectivity index (χ1) is 10.8. The largest absolute Gasteiger partial charge is 0.418 e. The van der Waals surface area contributed by atoms with Gasteiger partial charge in [0.15, 0.2) is 0 Å². The lowest BCUT2D eigenvalue weighted by atomic mass is 10.2. The number of fused-ring (bicyclic) bond motifs is 1. The van der Waals surface area contributed by atoms with E-state index in [9.17, 15) is 21.6 Å². The van der Waals surface area contributed by atoms with Crippen LogP contribution in [0, 0.1) is 0 Å². The predicted octanol–water partition coefficient (Wildman–Crippen LogP) is 1.94. The molecular weight excluding hydrogens is 335 g/mol. The van der Waals surface area contributed by atoms with Crippen LogP contribution in [0.25, 0.3) is 5.78 Å². The van der Waals surface area contributed by atoms with Gasteiger partial charge in [0, 0.05) is 12.4 Å². The van der Waals surface area contributed by atoms with E-state index < -0.39 is 32.6 Å². The second-order valence-corrected chi connectivity index (χ2v) is 5.98. The van der Waals surface area contributed by atoms with Crippen molar-refractivity contribution >= 4 is 21.5 Å². The van der Waals surface area contributed by atoms with Crippen molar-refractivity contribution in [3.05, 3.63) is 48.3 Å². The third-order valence-electron chi connectivity index (χ3n) is 2.81. The molecule has 0 aliphatic rings. The van der Waals surface area contributed by atoms with Crippen molar-refractivity contribution < 1.29 is 21.6 Å². The van der Waals surface area contributed by atoms with E-state index in [1.807, 2.05) is 4.72 Å². The number of nitrogens with zero attached hydrogens (tertiary/aromatic N) is 4. The third kappa shape index (κ3) is 2.95. The van der Waals surface area contributed by atoms with Crippen molar-refractivity contribution in [1.29, 1.82) is 0 Å². The monoisotopic (exact) mass is 343 g/mol. The molecule has 120 valence electrons. The zero-order valence-electron chi connectivity index (χ0n) is 11.2. The van der Waals surface area contributed by atoms with E-state index in [1.165, 1.54) is 24.5 Å². The van der Waals surface area contributed by atoms with Crippen molar-refractivity contribution in [2.45, 2.75) is 11.3 Å². The first kappa shape index (κ1) is 15.2. The Kier molecular flexibility index (Phi) is 3.43. The lowest BCUT2D eigenvalue weighted by Crippen LogP contribution is -2.18. The summed E-state index contributed by atoms with van der Waals surface area (Å²) in [5.41, 5.74) is -1.71. The number of hydrogen-bond donors (Lipinski definition) is 1. The summed E-state index contributed by atoms with van der Waals surface area (Å²) in [5, 5.41) is 3.01. The molecule has 0 unspecified atom stereocenters. The van der Waals surface area contributed by atoms with Crippen molar-refractivity contribution in [2.75, 3.05) is 4.72 Å². The van der Waals surface area contributed by atoms with Crippen molar-refractivity contribution in [2.24, 2.45) is 0 Å². The lowest BCUT2D eigenvalue weighted by Gasteiger charge is -2.13. The molecular formula is C12H8F3N5O2S. The molecule has 0 fully saturated rings. The van der Waals surface area contributed by atoms with E-state index in [0.29, 0.717) is 0 Å². The minimum absolute atomic E-state index is 0.0111. The number of benzene rings is 1. The van der Waals surface area contributed by atoms with Crippen LogP contribution in [0.1, 0.15) is 5.56 Å². The quantitative estimate of drug-likeness (QED) is 0.785. The van der Waals surface area contributed by atoms with Crippen molar-refractivity contribution in [3.8, 4) is 0 Å². The second-order valence-electron chi connectivity index (χ2n) is 4.41. The van der Waals surface area contributed by atoms with Crippen molar-refractivity contribution in [3.63, 3.8) is 0 Å². The lowest BCUT2D eigenvalue weighted by molar-refractivity contribution is -0.136. The number of nitrogens with one attached hydrogen (secondary N) is 1. The summed E-state index contributed by atoms with van der Waals surface area (Å²) >= 11 is 0. The van der Waals surface area contributed by atoms with Gasteiger partial charge in [-0.05, 0) is 18.2 Å². The molecule has 23 heavy (non-hydrogen) atoms. The standard InChI is InChI=1S/C12H8F3N5O2S/c13-12(14,15)8-4-1-2-5-9(8)19-23(21,22)11-17-10-16-6-3-7-20(10)18-11/h1-7,19H. The summed E-state index contributed by atoms with van der Waals surface area (Å²) < 4.78 is 66.1. The van der Waals surface area contributed by atoms with Gasteiger partial charge in [0.25, 0.3) is 21.0 Å². The van der Waals surface area contributed by atoms with E-state index in [2.05, 4.69) is 15.1 Å². The van der Waals surface area contributed by atoms with Crippen LogP contribution in [0.4, 0.5) is 18.9 Å². The van der Waals surface area contributed by atoms with Crippen LogP contribution in [0.3, 0.4) is 0 Å². The molecule has 0 saturated carbocycles. The number of aromatic nitrogens is 4. The van der Waals surface area contributed by atoms with Gasteiger partial charge < -0.3 is 0 Å². The highest BCUT2D eigenvalue weighted by molar-refractivity contribution is 7.92. The number of para-hydroxylation sites is 1. The van der Waals surface area contributed by atoms with Crippen molar-refractivity contribution in [1.82, 2.24) is 19.6 Å². The summed E-state index contributed by atoms with van der Waals surface area (Å²) in [5.74, 6) is 0.0111. The van der Waals surface area contributed by atoms with Crippen LogP contribution in [-0.4, -0.2) is 28.0 Å². The molecule has 0 radical (unpaired) electrons. The van der Waals surface area contributed by atoms with Gasteiger partial charge in [0.2, 0.25) is 0 Å². The predicted molar refractivity (Wildman–Crippen MR) is 73.0 cm³/mol. The van der Waals surface area contributed by atoms with Crippen LogP contribution >= 0.6 is 0 Å². The first-order valence-corrected chi connectivity index (χ1v) is 7.62. The highest BCUT2D eigenvalue weighted by atomic mass is 32.2. The summed E-state index contributed by atoms with van der Waals surface area (Å²) in [6, 6.07) is 5.73. The number of alkyl halides is 3. The maximum Gasteiger partial charge on any atom is 0.418 e. The third-order valence-corrected chi connectivity index (χ3v) is 3.96.